The molecule has 8 nitrogen and oxygen atoms in total. The van der Waals surface area contributed by atoms with Crippen LogP contribution in [0.1, 0.15) is 42.2 Å². The van der Waals surface area contributed by atoms with Gasteiger partial charge in [-0.05, 0) is 25.7 Å². The molecule has 122 valence electrons. The predicted molar refractivity (Wildman–Crippen MR) is 80.3 cm³/mol. The first-order valence-electron chi connectivity index (χ1n) is 7.99. The zero-order valence-corrected chi connectivity index (χ0v) is 12.7. The summed E-state index contributed by atoms with van der Waals surface area (Å²) < 4.78 is 1.80. The van der Waals surface area contributed by atoms with Crippen molar-refractivity contribution < 1.29 is 9.90 Å². The maximum Gasteiger partial charge on any atom is 0.276 e. The van der Waals surface area contributed by atoms with Crippen LogP contribution in [0.5, 0.6) is 0 Å². The third-order valence-electron chi connectivity index (χ3n) is 4.50. The molecule has 8 heteroatoms. The van der Waals surface area contributed by atoms with Gasteiger partial charge in [0, 0.05) is 32.2 Å². The molecule has 1 aromatic heterocycles. The average Bonchev–Trinajstić information content (AvgIpc) is 2.90. The van der Waals surface area contributed by atoms with Crippen molar-refractivity contribution >= 4 is 5.91 Å². The number of aromatic nitrogens is 3. The summed E-state index contributed by atoms with van der Waals surface area (Å²) in [6.45, 7) is 2.09. The van der Waals surface area contributed by atoms with E-state index in [2.05, 4.69) is 15.6 Å². The molecule has 1 saturated carbocycles. The van der Waals surface area contributed by atoms with Crippen molar-refractivity contribution in [3.05, 3.63) is 11.9 Å². The summed E-state index contributed by atoms with van der Waals surface area (Å²) in [5.41, 5.74) is 6.27. The number of hydrogen-bond acceptors (Lipinski definition) is 6. The number of nitrogens with zero attached hydrogens (tertiary/aromatic N) is 4. The molecule has 4 N–H and O–H groups in total. The van der Waals surface area contributed by atoms with Crippen LogP contribution in [0.3, 0.4) is 0 Å². The minimum atomic E-state index is -0.540. The minimum absolute atomic E-state index is 0.165. The van der Waals surface area contributed by atoms with Crippen LogP contribution in [-0.4, -0.2) is 69.2 Å². The smallest absolute Gasteiger partial charge is 0.276 e. The van der Waals surface area contributed by atoms with E-state index in [1.807, 2.05) is 0 Å². The van der Waals surface area contributed by atoms with E-state index in [-0.39, 0.29) is 18.0 Å². The number of β-amino-alcohol motifs (C(OH)–C–C–N with tert-alkyl or cyclic N) is 1. The summed E-state index contributed by atoms with van der Waals surface area (Å²) >= 11 is 0. The van der Waals surface area contributed by atoms with Crippen molar-refractivity contribution in [1.29, 1.82) is 0 Å². The first kappa shape index (κ1) is 15.4. The second-order valence-electron chi connectivity index (χ2n) is 6.26. The van der Waals surface area contributed by atoms with E-state index >= 15 is 0 Å². The first-order valence-corrected chi connectivity index (χ1v) is 7.99. The van der Waals surface area contributed by atoms with Gasteiger partial charge >= 0.3 is 0 Å². The Hall–Kier alpha value is -1.51. The SMILES string of the molecule is NC1CCC(n2cc(C(=O)N3CCNC[C@H](O)C3)nn2)CC1. The fraction of sp³-hybridized carbons (Fsp3) is 0.786. The molecule has 22 heavy (non-hydrogen) atoms. The lowest BCUT2D eigenvalue weighted by atomic mass is 9.92. The van der Waals surface area contributed by atoms with Crippen LogP contribution in [0, 0.1) is 0 Å². The lowest BCUT2D eigenvalue weighted by Gasteiger charge is -2.25. The zero-order valence-electron chi connectivity index (χ0n) is 12.7. The van der Waals surface area contributed by atoms with Crippen LogP contribution in [0.25, 0.3) is 0 Å². The van der Waals surface area contributed by atoms with Gasteiger partial charge in [-0.15, -0.1) is 5.10 Å². The molecule has 1 amide bonds. The lowest BCUT2D eigenvalue weighted by molar-refractivity contribution is 0.0667. The molecule has 1 atom stereocenters. The zero-order chi connectivity index (χ0) is 15.5. The standard InChI is InChI=1S/C14H24N6O2/c15-10-1-3-11(4-2-10)20-9-13(17-18-20)14(22)19-6-5-16-7-12(21)8-19/h9-12,16,21H,1-8,15H2/t10?,11?,12-/m0/s1. The van der Waals surface area contributed by atoms with Crippen LogP contribution < -0.4 is 11.1 Å². The second kappa shape index (κ2) is 6.72. The van der Waals surface area contributed by atoms with E-state index in [4.69, 9.17) is 5.73 Å². The Morgan fingerprint density at radius 1 is 1.36 bits per heavy atom. The van der Waals surface area contributed by atoms with E-state index in [1.54, 1.807) is 15.8 Å². The largest absolute Gasteiger partial charge is 0.390 e. The number of aliphatic hydroxyl groups is 1. The number of carbonyl (C=O) groups is 1. The fourth-order valence-corrected chi connectivity index (χ4v) is 3.16. The van der Waals surface area contributed by atoms with Crippen molar-refractivity contribution in [3.63, 3.8) is 0 Å². The third-order valence-corrected chi connectivity index (χ3v) is 4.50. The third kappa shape index (κ3) is 3.45. The van der Waals surface area contributed by atoms with Gasteiger partial charge in [0.05, 0.1) is 18.3 Å². The monoisotopic (exact) mass is 308 g/mol. The number of rotatable bonds is 2. The van der Waals surface area contributed by atoms with Gasteiger partial charge < -0.3 is 21.1 Å². The maximum atomic E-state index is 12.5. The molecular weight excluding hydrogens is 284 g/mol. The summed E-state index contributed by atoms with van der Waals surface area (Å²) in [4.78, 5) is 14.1. The van der Waals surface area contributed by atoms with Crippen LogP contribution in [0.4, 0.5) is 0 Å². The quantitative estimate of drug-likeness (QED) is 0.655. The molecule has 0 spiro atoms. The molecule has 1 saturated heterocycles. The molecule has 0 aromatic carbocycles. The van der Waals surface area contributed by atoms with Gasteiger partial charge in [-0.1, -0.05) is 5.21 Å². The second-order valence-corrected chi connectivity index (χ2v) is 6.26. The van der Waals surface area contributed by atoms with Crippen molar-refractivity contribution in [2.45, 2.75) is 43.9 Å². The van der Waals surface area contributed by atoms with E-state index in [9.17, 15) is 9.90 Å². The van der Waals surface area contributed by atoms with Gasteiger partial charge in [0.15, 0.2) is 5.69 Å². The first-order chi connectivity index (χ1) is 10.6. The highest BCUT2D eigenvalue weighted by molar-refractivity contribution is 5.92. The summed E-state index contributed by atoms with van der Waals surface area (Å²) in [5.74, 6) is -0.165. The number of nitrogens with two attached hydrogens (primary N) is 1. The van der Waals surface area contributed by atoms with E-state index in [0.29, 0.717) is 31.9 Å². The summed E-state index contributed by atoms with van der Waals surface area (Å²) in [6.07, 6.45) is 5.11. The average molecular weight is 308 g/mol. The molecule has 0 unspecified atom stereocenters. The highest BCUT2D eigenvalue weighted by Gasteiger charge is 2.26. The Morgan fingerprint density at radius 2 is 2.14 bits per heavy atom. The molecule has 3 rings (SSSR count). The number of nitrogens with one attached hydrogen (secondary N) is 1. The van der Waals surface area contributed by atoms with Crippen LogP contribution in [-0.2, 0) is 0 Å². The Bertz CT molecular complexity index is 511. The molecule has 2 aliphatic rings. The Kier molecular flexibility index (Phi) is 4.70. The molecule has 2 fully saturated rings. The fourth-order valence-electron chi connectivity index (χ4n) is 3.16. The summed E-state index contributed by atoms with van der Waals surface area (Å²) in [7, 11) is 0. The van der Waals surface area contributed by atoms with Gasteiger partial charge in [0.25, 0.3) is 5.91 Å². The molecule has 0 radical (unpaired) electrons. The van der Waals surface area contributed by atoms with E-state index in [1.165, 1.54) is 0 Å². The van der Waals surface area contributed by atoms with E-state index < -0.39 is 6.10 Å². The number of hydrogen-bond donors (Lipinski definition) is 3. The molecule has 1 aromatic rings. The Balaban J connectivity index is 1.66. The summed E-state index contributed by atoms with van der Waals surface area (Å²) in [5, 5.41) is 21.0. The van der Waals surface area contributed by atoms with Crippen LogP contribution in [0.15, 0.2) is 6.20 Å². The molecule has 1 aliphatic heterocycles. The highest BCUT2D eigenvalue weighted by atomic mass is 16.3. The van der Waals surface area contributed by atoms with Crippen molar-refractivity contribution in [2.75, 3.05) is 26.2 Å². The number of carbonyl (C=O) groups excluding carboxylic acids is 1. The Morgan fingerprint density at radius 3 is 2.91 bits per heavy atom. The van der Waals surface area contributed by atoms with Crippen LogP contribution in [0.2, 0.25) is 0 Å². The van der Waals surface area contributed by atoms with Crippen molar-refractivity contribution in [3.8, 4) is 0 Å². The predicted octanol–water partition coefficient (Wildman–Crippen LogP) is -0.873. The number of amides is 1. The van der Waals surface area contributed by atoms with E-state index in [0.717, 1.165) is 25.7 Å². The van der Waals surface area contributed by atoms with Gasteiger partial charge in [0.1, 0.15) is 0 Å². The molecular formula is C14H24N6O2. The molecule has 0 bridgehead atoms. The molecule has 2 heterocycles. The highest BCUT2D eigenvalue weighted by Crippen LogP contribution is 2.26. The van der Waals surface area contributed by atoms with Gasteiger partial charge in [-0.3, -0.25) is 4.79 Å². The Labute approximate surface area is 129 Å². The number of aliphatic hydroxyl groups excluding tert-OH is 1. The van der Waals surface area contributed by atoms with Crippen molar-refractivity contribution in [2.24, 2.45) is 5.73 Å². The normalized spacial score (nSPS) is 30.1. The topological polar surface area (TPSA) is 109 Å². The van der Waals surface area contributed by atoms with Gasteiger partial charge in [0.2, 0.25) is 0 Å². The van der Waals surface area contributed by atoms with Crippen molar-refractivity contribution in [1.82, 2.24) is 25.2 Å². The van der Waals surface area contributed by atoms with Crippen LogP contribution >= 0.6 is 0 Å². The van der Waals surface area contributed by atoms with Gasteiger partial charge in [-0.2, -0.15) is 0 Å². The minimum Gasteiger partial charge on any atom is -0.390 e. The molecule has 1 aliphatic carbocycles. The lowest BCUT2D eigenvalue weighted by Crippen LogP contribution is -2.37. The summed E-state index contributed by atoms with van der Waals surface area (Å²) in [6, 6.07) is 0.567. The maximum absolute atomic E-state index is 12.5. The van der Waals surface area contributed by atoms with Gasteiger partial charge in [-0.25, -0.2) is 4.68 Å².